The Kier molecular flexibility index (Phi) is 6.91. The van der Waals surface area contributed by atoms with E-state index in [1.165, 1.54) is 45.4 Å². The maximum Gasteiger partial charge on any atom is 0.241 e. The number of aryl methyl sites for hydroxylation is 1. The van der Waals surface area contributed by atoms with Gasteiger partial charge in [0.1, 0.15) is 23.4 Å². The lowest BCUT2D eigenvalue weighted by Gasteiger charge is -2.20. The van der Waals surface area contributed by atoms with Crippen molar-refractivity contribution in [3.8, 4) is 11.5 Å². The summed E-state index contributed by atoms with van der Waals surface area (Å²) in [5, 5.41) is 0. The van der Waals surface area contributed by atoms with Crippen molar-refractivity contribution in [2.24, 2.45) is 7.05 Å². The van der Waals surface area contributed by atoms with E-state index in [9.17, 15) is 16.8 Å². The van der Waals surface area contributed by atoms with Gasteiger partial charge in [-0.1, -0.05) is 6.92 Å². The molecule has 1 atom stereocenters. The van der Waals surface area contributed by atoms with E-state index in [4.69, 9.17) is 9.47 Å². The van der Waals surface area contributed by atoms with E-state index in [-0.39, 0.29) is 15.5 Å². The fourth-order valence-corrected chi connectivity index (χ4v) is 5.20. The van der Waals surface area contributed by atoms with Gasteiger partial charge in [-0.25, -0.2) is 21.8 Å². The summed E-state index contributed by atoms with van der Waals surface area (Å²) in [5.41, 5.74) is 0.559. The van der Waals surface area contributed by atoms with Crippen LogP contribution in [0.5, 0.6) is 11.5 Å². The molecule has 172 valence electrons. The number of nitrogens with zero attached hydrogens (tertiary/aromatic N) is 2. The molecule has 1 unspecified atom stereocenters. The zero-order valence-electron chi connectivity index (χ0n) is 18.1. The Morgan fingerprint density at radius 2 is 1.53 bits per heavy atom. The van der Waals surface area contributed by atoms with Crippen LogP contribution in [0.2, 0.25) is 0 Å². The highest BCUT2D eigenvalue weighted by Gasteiger charge is 2.27. The van der Waals surface area contributed by atoms with Crippen LogP contribution in [0.4, 0.5) is 0 Å². The third-order valence-corrected chi connectivity index (χ3v) is 8.16. The molecule has 32 heavy (non-hydrogen) atoms. The SMILES string of the molecule is CCS(=O)(=O)c1ccc(S(=O)(=O)NC(c2cc(OC)cc(OC)c2)c2nccn2C)cc1. The minimum atomic E-state index is -4.04. The van der Waals surface area contributed by atoms with Gasteiger partial charge in [0.2, 0.25) is 10.0 Å². The number of imidazole rings is 1. The smallest absolute Gasteiger partial charge is 0.241 e. The molecule has 1 heterocycles. The van der Waals surface area contributed by atoms with Crippen LogP contribution in [-0.4, -0.2) is 46.4 Å². The van der Waals surface area contributed by atoms with Gasteiger partial charge in [-0.05, 0) is 42.0 Å². The van der Waals surface area contributed by atoms with Gasteiger partial charge in [0.05, 0.1) is 29.8 Å². The van der Waals surface area contributed by atoms with E-state index in [1.807, 2.05) is 0 Å². The number of benzene rings is 2. The highest BCUT2D eigenvalue weighted by molar-refractivity contribution is 7.91. The Morgan fingerprint density at radius 1 is 0.969 bits per heavy atom. The standard InChI is InChI=1S/C21H25N3O6S2/c1-5-31(25,26)18-6-8-19(9-7-18)32(27,28)23-20(21-22-10-11-24(21)2)15-12-16(29-3)14-17(13-15)30-4/h6-14,20,23H,5H2,1-4H3. The van der Waals surface area contributed by atoms with E-state index in [0.29, 0.717) is 22.9 Å². The Bertz CT molecular complexity index is 1280. The molecule has 0 fully saturated rings. The summed E-state index contributed by atoms with van der Waals surface area (Å²) < 4.78 is 65.5. The van der Waals surface area contributed by atoms with Crippen LogP contribution < -0.4 is 14.2 Å². The van der Waals surface area contributed by atoms with Crippen molar-refractivity contribution in [3.05, 3.63) is 66.2 Å². The zero-order valence-corrected chi connectivity index (χ0v) is 19.8. The number of methoxy groups -OCH3 is 2. The molecule has 0 aliphatic rings. The number of sulfonamides is 1. The van der Waals surface area contributed by atoms with Crippen molar-refractivity contribution in [3.63, 3.8) is 0 Å². The van der Waals surface area contributed by atoms with Crippen molar-refractivity contribution in [2.75, 3.05) is 20.0 Å². The summed E-state index contributed by atoms with van der Waals surface area (Å²) in [7, 11) is -2.71. The molecule has 0 aliphatic heterocycles. The third kappa shape index (κ3) is 4.95. The van der Waals surface area contributed by atoms with Gasteiger partial charge in [0.15, 0.2) is 9.84 Å². The number of nitrogens with one attached hydrogen (secondary N) is 1. The largest absolute Gasteiger partial charge is 0.497 e. The Labute approximate surface area is 188 Å². The van der Waals surface area contributed by atoms with Gasteiger partial charge in [-0.2, -0.15) is 4.72 Å². The molecule has 9 nitrogen and oxygen atoms in total. The molecule has 0 saturated carbocycles. The predicted octanol–water partition coefficient (Wildman–Crippen LogP) is 2.30. The molecule has 3 rings (SSSR count). The molecule has 0 radical (unpaired) electrons. The van der Waals surface area contributed by atoms with Crippen molar-refractivity contribution in [1.82, 2.24) is 14.3 Å². The summed E-state index contributed by atoms with van der Waals surface area (Å²) in [6, 6.07) is 9.33. The molecule has 11 heteroatoms. The molecule has 0 saturated heterocycles. The first-order chi connectivity index (χ1) is 15.1. The second-order valence-corrected chi connectivity index (χ2v) is 11.0. The van der Waals surface area contributed by atoms with E-state index < -0.39 is 25.9 Å². The van der Waals surface area contributed by atoms with Crippen molar-refractivity contribution >= 4 is 19.9 Å². The molecule has 3 aromatic rings. The molecule has 0 spiro atoms. The lowest BCUT2D eigenvalue weighted by molar-refractivity contribution is 0.392. The Morgan fingerprint density at radius 3 is 2.00 bits per heavy atom. The molecule has 1 N–H and O–H groups in total. The molecule has 0 aliphatic carbocycles. The molecule has 2 aromatic carbocycles. The summed E-state index contributed by atoms with van der Waals surface area (Å²) in [4.78, 5) is 4.31. The first-order valence-electron chi connectivity index (χ1n) is 9.66. The monoisotopic (exact) mass is 479 g/mol. The first kappa shape index (κ1) is 23.8. The average molecular weight is 480 g/mol. The maximum atomic E-state index is 13.2. The number of aromatic nitrogens is 2. The normalized spacial score (nSPS) is 13.0. The summed E-state index contributed by atoms with van der Waals surface area (Å²) in [6.07, 6.45) is 3.27. The van der Waals surface area contributed by atoms with Crippen LogP contribution in [-0.2, 0) is 26.9 Å². The van der Waals surface area contributed by atoms with Crippen LogP contribution in [0.15, 0.2) is 64.6 Å². The fraction of sp³-hybridized carbons (Fsp3) is 0.286. The minimum Gasteiger partial charge on any atom is -0.497 e. The molecule has 1 aromatic heterocycles. The van der Waals surface area contributed by atoms with Gasteiger partial charge in [0.25, 0.3) is 0 Å². The second kappa shape index (κ2) is 9.31. The number of hydrogen-bond acceptors (Lipinski definition) is 7. The molecular weight excluding hydrogens is 454 g/mol. The Hall–Kier alpha value is -2.89. The third-order valence-electron chi connectivity index (χ3n) is 4.97. The van der Waals surface area contributed by atoms with Gasteiger partial charge in [-0.3, -0.25) is 0 Å². The minimum absolute atomic E-state index is 0.0668. The maximum absolute atomic E-state index is 13.2. The van der Waals surface area contributed by atoms with Crippen molar-refractivity contribution in [1.29, 1.82) is 0 Å². The number of rotatable bonds is 9. The van der Waals surface area contributed by atoms with Gasteiger partial charge in [0, 0.05) is 25.5 Å². The summed E-state index contributed by atoms with van der Waals surface area (Å²) in [6.45, 7) is 1.53. The molecule has 0 bridgehead atoms. The highest BCUT2D eigenvalue weighted by atomic mass is 32.2. The van der Waals surface area contributed by atoms with Crippen LogP contribution in [0.3, 0.4) is 0 Å². The van der Waals surface area contributed by atoms with E-state index in [2.05, 4.69) is 9.71 Å². The Balaban J connectivity index is 2.05. The van der Waals surface area contributed by atoms with Crippen molar-refractivity contribution in [2.45, 2.75) is 22.8 Å². The van der Waals surface area contributed by atoms with Crippen molar-refractivity contribution < 1.29 is 26.3 Å². The van der Waals surface area contributed by atoms with Gasteiger partial charge >= 0.3 is 0 Å². The summed E-state index contributed by atoms with van der Waals surface area (Å²) >= 11 is 0. The van der Waals surface area contributed by atoms with Crippen LogP contribution in [0, 0.1) is 0 Å². The highest BCUT2D eigenvalue weighted by Crippen LogP contribution is 2.30. The topological polar surface area (TPSA) is 117 Å². The number of hydrogen-bond donors (Lipinski definition) is 1. The van der Waals surface area contributed by atoms with E-state index in [0.717, 1.165) is 0 Å². The zero-order chi connectivity index (χ0) is 23.5. The van der Waals surface area contributed by atoms with E-state index in [1.54, 1.807) is 42.2 Å². The number of sulfone groups is 1. The quantitative estimate of drug-likeness (QED) is 0.500. The molecular formula is C21H25N3O6S2. The predicted molar refractivity (Wildman–Crippen MR) is 119 cm³/mol. The van der Waals surface area contributed by atoms with Crippen LogP contribution in [0.1, 0.15) is 24.4 Å². The fourth-order valence-electron chi connectivity index (χ4n) is 3.14. The van der Waals surface area contributed by atoms with Gasteiger partial charge in [-0.15, -0.1) is 0 Å². The lowest BCUT2D eigenvalue weighted by atomic mass is 10.1. The summed E-state index contributed by atoms with van der Waals surface area (Å²) in [5.74, 6) is 1.36. The lowest BCUT2D eigenvalue weighted by Crippen LogP contribution is -2.31. The second-order valence-electron chi connectivity index (χ2n) is 6.97. The van der Waals surface area contributed by atoms with Crippen LogP contribution in [0.25, 0.3) is 0 Å². The van der Waals surface area contributed by atoms with Gasteiger partial charge < -0.3 is 14.0 Å². The average Bonchev–Trinajstić information content (AvgIpc) is 3.22. The number of ether oxygens (including phenoxy) is 2. The first-order valence-corrected chi connectivity index (χ1v) is 12.8. The van der Waals surface area contributed by atoms with E-state index >= 15 is 0 Å². The van der Waals surface area contributed by atoms with Crippen LogP contribution >= 0.6 is 0 Å². The molecule has 0 amide bonds.